The summed E-state index contributed by atoms with van der Waals surface area (Å²) in [6.07, 6.45) is 1.18. The number of aliphatic carboxylic acids is 1. The Balaban J connectivity index is 2.14. The molecule has 0 saturated carbocycles. The van der Waals surface area contributed by atoms with Crippen molar-refractivity contribution in [2.75, 3.05) is 19.6 Å². The van der Waals surface area contributed by atoms with Crippen LogP contribution in [0.25, 0.3) is 0 Å². The first-order valence-electron chi connectivity index (χ1n) is 7.92. The predicted molar refractivity (Wildman–Crippen MR) is 85.4 cm³/mol. The van der Waals surface area contributed by atoms with Gasteiger partial charge in [0.25, 0.3) is 11.8 Å². The van der Waals surface area contributed by atoms with Gasteiger partial charge in [-0.1, -0.05) is 0 Å². The van der Waals surface area contributed by atoms with Crippen LogP contribution in [0.1, 0.15) is 47.4 Å². The van der Waals surface area contributed by atoms with Crippen LogP contribution in [0.15, 0.2) is 24.3 Å². The summed E-state index contributed by atoms with van der Waals surface area (Å²) in [7, 11) is 0. The fourth-order valence-electron chi connectivity index (χ4n) is 2.88. The maximum atomic E-state index is 12.5. The highest BCUT2D eigenvalue weighted by molar-refractivity contribution is 5.99. The van der Waals surface area contributed by atoms with Crippen molar-refractivity contribution in [2.45, 2.75) is 32.7 Å². The van der Waals surface area contributed by atoms with Crippen LogP contribution in [0, 0.1) is 0 Å². The quantitative estimate of drug-likeness (QED) is 0.899. The number of carboxylic acids is 1. The zero-order chi connectivity index (χ0) is 17.0. The molecule has 2 amide bonds. The molecule has 1 atom stereocenters. The van der Waals surface area contributed by atoms with Crippen molar-refractivity contribution in [3.8, 4) is 0 Å². The smallest absolute Gasteiger partial charge is 0.326 e. The summed E-state index contributed by atoms with van der Waals surface area (Å²) in [5, 5.41) is 9.17. The first-order valence-corrected chi connectivity index (χ1v) is 7.92. The van der Waals surface area contributed by atoms with Crippen LogP contribution < -0.4 is 0 Å². The number of hydrogen-bond donors (Lipinski definition) is 1. The van der Waals surface area contributed by atoms with E-state index in [1.165, 1.54) is 4.90 Å². The number of hydrogen-bond acceptors (Lipinski definition) is 3. The Morgan fingerprint density at radius 1 is 1.13 bits per heavy atom. The molecule has 2 rings (SSSR count). The van der Waals surface area contributed by atoms with Crippen molar-refractivity contribution in [1.29, 1.82) is 0 Å². The largest absolute Gasteiger partial charge is 0.480 e. The SMILES string of the molecule is CCN(CC)C(=O)c1ccc(C(=O)N2CCC[C@@H]2C(=O)O)cc1. The lowest BCUT2D eigenvalue weighted by Crippen LogP contribution is -2.40. The minimum Gasteiger partial charge on any atom is -0.480 e. The van der Waals surface area contributed by atoms with Crippen molar-refractivity contribution in [1.82, 2.24) is 9.80 Å². The Kier molecular flexibility index (Phi) is 5.36. The molecular formula is C17H22N2O4. The van der Waals surface area contributed by atoms with E-state index in [-0.39, 0.29) is 11.8 Å². The van der Waals surface area contributed by atoms with Crippen LogP contribution in [0.2, 0.25) is 0 Å². The lowest BCUT2D eigenvalue weighted by atomic mass is 10.1. The molecule has 0 aromatic heterocycles. The lowest BCUT2D eigenvalue weighted by Gasteiger charge is -2.22. The molecule has 0 aliphatic carbocycles. The summed E-state index contributed by atoms with van der Waals surface area (Å²) in [5.74, 6) is -1.33. The van der Waals surface area contributed by atoms with E-state index >= 15 is 0 Å². The number of carboxylic acid groups (broad SMARTS) is 1. The van der Waals surface area contributed by atoms with Crippen LogP contribution >= 0.6 is 0 Å². The van der Waals surface area contributed by atoms with Gasteiger partial charge < -0.3 is 14.9 Å². The Morgan fingerprint density at radius 3 is 2.22 bits per heavy atom. The fraction of sp³-hybridized carbons (Fsp3) is 0.471. The molecular weight excluding hydrogens is 296 g/mol. The van der Waals surface area contributed by atoms with Gasteiger partial charge >= 0.3 is 5.97 Å². The maximum absolute atomic E-state index is 12.5. The van der Waals surface area contributed by atoms with E-state index in [0.29, 0.717) is 43.6 Å². The number of amides is 2. The van der Waals surface area contributed by atoms with Gasteiger partial charge in [0.05, 0.1) is 0 Å². The summed E-state index contributed by atoms with van der Waals surface area (Å²) >= 11 is 0. The monoisotopic (exact) mass is 318 g/mol. The van der Waals surface area contributed by atoms with Gasteiger partial charge in [-0.2, -0.15) is 0 Å². The second-order valence-electron chi connectivity index (χ2n) is 5.55. The van der Waals surface area contributed by atoms with E-state index in [4.69, 9.17) is 5.11 Å². The summed E-state index contributed by atoms with van der Waals surface area (Å²) < 4.78 is 0. The molecule has 1 aliphatic heterocycles. The van der Waals surface area contributed by atoms with E-state index in [0.717, 1.165) is 0 Å². The van der Waals surface area contributed by atoms with Gasteiger partial charge in [0.1, 0.15) is 6.04 Å². The molecule has 1 fully saturated rings. The van der Waals surface area contributed by atoms with Gasteiger partial charge in [0, 0.05) is 30.8 Å². The van der Waals surface area contributed by atoms with Crippen molar-refractivity contribution in [2.24, 2.45) is 0 Å². The second kappa shape index (κ2) is 7.26. The third kappa shape index (κ3) is 3.52. The number of likely N-dealkylation sites (tertiary alicyclic amines) is 1. The highest BCUT2D eigenvalue weighted by atomic mass is 16.4. The zero-order valence-corrected chi connectivity index (χ0v) is 13.5. The highest BCUT2D eigenvalue weighted by Gasteiger charge is 2.34. The number of rotatable bonds is 5. The molecule has 1 aromatic rings. The number of carbonyl (C=O) groups excluding carboxylic acids is 2. The van der Waals surface area contributed by atoms with E-state index in [9.17, 15) is 14.4 Å². The van der Waals surface area contributed by atoms with E-state index in [1.807, 2.05) is 13.8 Å². The molecule has 1 aliphatic rings. The molecule has 1 saturated heterocycles. The molecule has 6 nitrogen and oxygen atoms in total. The van der Waals surface area contributed by atoms with Gasteiger partial charge in [0.15, 0.2) is 0 Å². The normalized spacial score (nSPS) is 17.1. The minimum atomic E-state index is -0.968. The van der Waals surface area contributed by atoms with E-state index in [2.05, 4.69) is 0 Å². The number of nitrogens with zero attached hydrogens (tertiary/aromatic N) is 2. The Labute approximate surface area is 135 Å². The van der Waals surface area contributed by atoms with E-state index < -0.39 is 12.0 Å². The minimum absolute atomic E-state index is 0.0708. The highest BCUT2D eigenvalue weighted by Crippen LogP contribution is 2.20. The average Bonchev–Trinajstić information content (AvgIpc) is 3.05. The third-order valence-corrected chi connectivity index (χ3v) is 4.23. The van der Waals surface area contributed by atoms with Crippen molar-refractivity contribution >= 4 is 17.8 Å². The lowest BCUT2D eigenvalue weighted by molar-refractivity contribution is -0.141. The summed E-state index contributed by atoms with van der Waals surface area (Å²) in [5.41, 5.74) is 0.940. The average molecular weight is 318 g/mol. The van der Waals surface area contributed by atoms with Gasteiger partial charge in [-0.25, -0.2) is 4.79 Å². The van der Waals surface area contributed by atoms with Crippen LogP contribution in [0.3, 0.4) is 0 Å². The molecule has 0 spiro atoms. The van der Waals surface area contributed by atoms with Gasteiger partial charge in [0.2, 0.25) is 0 Å². The summed E-state index contributed by atoms with van der Waals surface area (Å²) in [4.78, 5) is 39.0. The van der Waals surface area contributed by atoms with Crippen LogP contribution in [0.4, 0.5) is 0 Å². The van der Waals surface area contributed by atoms with Gasteiger partial charge in [-0.15, -0.1) is 0 Å². The Hall–Kier alpha value is -2.37. The van der Waals surface area contributed by atoms with Gasteiger partial charge in [-0.3, -0.25) is 9.59 Å². The van der Waals surface area contributed by atoms with Crippen molar-refractivity contribution in [3.63, 3.8) is 0 Å². The molecule has 23 heavy (non-hydrogen) atoms. The topological polar surface area (TPSA) is 77.9 Å². The molecule has 6 heteroatoms. The molecule has 0 bridgehead atoms. The summed E-state index contributed by atoms with van der Waals surface area (Å²) in [6, 6.07) is 5.69. The standard InChI is InChI=1S/C17H22N2O4/c1-3-18(4-2)15(20)12-7-9-13(10-8-12)16(21)19-11-5-6-14(19)17(22)23/h7-10,14H,3-6,11H2,1-2H3,(H,22,23)/t14-/m1/s1. The number of benzene rings is 1. The zero-order valence-electron chi connectivity index (χ0n) is 13.5. The van der Waals surface area contributed by atoms with E-state index in [1.54, 1.807) is 29.2 Å². The Bertz CT molecular complexity index is 593. The molecule has 1 heterocycles. The first-order chi connectivity index (χ1) is 11.0. The second-order valence-corrected chi connectivity index (χ2v) is 5.55. The van der Waals surface area contributed by atoms with Crippen LogP contribution in [-0.2, 0) is 4.79 Å². The van der Waals surface area contributed by atoms with Crippen molar-refractivity contribution < 1.29 is 19.5 Å². The first kappa shape index (κ1) is 17.0. The molecule has 1 N–H and O–H groups in total. The fourth-order valence-corrected chi connectivity index (χ4v) is 2.88. The summed E-state index contributed by atoms with van der Waals surface area (Å²) in [6.45, 7) is 5.54. The predicted octanol–water partition coefficient (Wildman–Crippen LogP) is 1.86. The van der Waals surface area contributed by atoms with Gasteiger partial charge in [-0.05, 0) is 51.0 Å². The molecule has 1 aromatic carbocycles. The van der Waals surface area contributed by atoms with Crippen LogP contribution in [-0.4, -0.2) is 58.4 Å². The van der Waals surface area contributed by atoms with Crippen LogP contribution in [0.5, 0.6) is 0 Å². The molecule has 124 valence electrons. The third-order valence-electron chi connectivity index (χ3n) is 4.23. The number of carbonyl (C=O) groups is 3. The maximum Gasteiger partial charge on any atom is 0.326 e. The molecule has 0 radical (unpaired) electrons. The van der Waals surface area contributed by atoms with Crippen molar-refractivity contribution in [3.05, 3.63) is 35.4 Å². The Morgan fingerprint density at radius 2 is 1.70 bits per heavy atom. The molecule has 0 unspecified atom stereocenters.